The van der Waals surface area contributed by atoms with E-state index in [2.05, 4.69) is 21.9 Å². The molecule has 3 atom stereocenters. The number of ketones is 1. The predicted molar refractivity (Wildman–Crippen MR) is 145 cm³/mol. The van der Waals surface area contributed by atoms with Crippen molar-refractivity contribution in [2.45, 2.75) is 51.5 Å². The molecule has 190 valence electrons. The fraction of sp³-hybridized carbons (Fsp3) is 0.333. The lowest BCUT2D eigenvalue weighted by Crippen LogP contribution is -2.31. The molecule has 0 spiro atoms. The Morgan fingerprint density at radius 1 is 1.08 bits per heavy atom. The van der Waals surface area contributed by atoms with Gasteiger partial charge in [0.15, 0.2) is 5.78 Å². The van der Waals surface area contributed by atoms with E-state index in [1.807, 2.05) is 31.0 Å². The number of halogens is 1. The third-order valence-electron chi connectivity index (χ3n) is 7.55. The first-order valence-corrected chi connectivity index (χ1v) is 12.8. The third kappa shape index (κ3) is 5.09. The molecular formula is C30H32FN5O. The van der Waals surface area contributed by atoms with Gasteiger partial charge in [-0.15, -0.1) is 0 Å². The van der Waals surface area contributed by atoms with Gasteiger partial charge >= 0.3 is 0 Å². The van der Waals surface area contributed by atoms with Crippen molar-refractivity contribution in [3.05, 3.63) is 89.4 Å². The number of benzene rings is 1. The molecule has 1 aromatic carbocycles. The van der Waals surface area contributed by atoms with E-state index in [0.29, 0.717) is 34.0 Å². The number of hydrogen-bond acceptors (Lipinski definition) is 6. The largest absolute Gasteiger partial charge is 0.342 e. The Labute approximate surface area is 216 Å². The van der Waals surface area contributed by atoms with Crippen LogP contribution in [0.3, 0.4) is 0 Å². The van der Waals surface area contributed by atoms with Gasteiger partial charge in [-0.1, -0.05) is 6.92 Å². The van der Waals surface area contributed by atoms with Gasteiger partial charge in [0.25, 0.3) is 0 Å². The molecule has 5 rings (SSSR count). The van der Waals surface area contributed by atoms with Crippen LogP contribution in [-0.2, 0) is 6.42 Å². The number of anilines is 2. The fourth-order valence-electron chi connectivity index (χ4n) is 5.69. The highest BCUT2D eigenvalue weighted by Gasteiger charge is 2.28. The summed E-state index contributed by atoms with van der Waals surface area (Å²) in [6.07, 6.45) is 11.9. The summed E-state index contributed by atoms with van der Waals surface area (Å²) in [5.41, 5.74) is 11.8. The number of aromatic nitrogens is 3. The third-order valence-corrected chi connectivity index (χ3v) is 7.55. The molecule has 0 aliphatic heterocycles. The molecule has 3 heterocycles. The maximum atomic E-state index is 15.0. The van der Waals surface area contributed by atoms with E-state index in [9.17, 15) is 9.18 Å². The normalized spacial score (nSPS) is 19.6. The maximum Gasteiger partial charge on any atom is 0.169 e. The zero-order valence-electron chi connectivity index (χ0n) is 21.5. The van der Waals surface area contributed by atoms with Crippen molar-refractivity contribution in [1.29, 1.82) is 0 Å². The summed E-state index contributed by atoms with van der Waals surface area (Å²) < 4.78 is 15.0. The molecule has 0 bridgehead atoms. The van der Waals surface area contributed by atoms with Crippen LogP contribution in [0.15, 0.2) is 61.3 Å². The van der Waals surface area contributed by atoms with E-state index in [-0.39, 0.29) is 18.2 Å². The average Bonchev–Trinajstić information content (AvgIpc) is 2.88. The molecule has 6 nitrogen and oxygen atoms in total. The Balaban J connectivity index is 1.46. The predicted octanol–water partition coefficient (Wildman–Crippen LogP) is 5.90. The second-order valence-corrected chi connectivity index (χ2v) is 10.3. The number of carbonyl (C=O) groups excluding carboxylic acids is 1. The summed E-state index contributed by atoms with van der Waals surface area (Å²) >= 11 is 0. The highest BCUT2D eigenvalue weighted by Crippen LogP contribution is 2.37. The Morgan fingerprint density at radius 2 is 1.86 bits per heavy atom. The van der Waals surface area contributed by atoms with E-state index < -0.39 is 5.82 Å². The number of nitrogens with zero attached hydrogens (tertiary/aromatic N) is 4. The summed E-state index contributed by atoms with van der Waals surface area (Å²) in [5, 5.41) is 0.315. The van der Waals surface area contributed by atoms with Gasteiger partial charge in [-0.05, 0) is 85.0 Å². The molecule has 4 aromatic rings. The lowest BCUT2D eigenvalue weighted by molar-refractivity contribution is 0.0994. The Hall–Kier alpha value is -3.71. The molecule has 1 aliphatic rings. The summed E-state index contributed by atoms with van der Waals surface area (Å²) in [4.78, 5) is 28.5. The van der Waals surface area contributed by atoms with Crippen LogP contribution < -0.4 is 10.6 Å². The number of pyridine rings is 3. The molecule has 37 heavy (non-hydrogen) atoms. The molecular weight excluding hydrogens is 465 g/mol. The summed E-state index contributed by atoms with van der Waals surface area (Å²) in [6, 6.07) is 8.73. The van der Waals surface area contributed by atoms with Crippen LogP contribution in [0.4, 0.5) is 15.8 Å². The van der Waals surface area contributed by atoms with E-state index in [0.717, 1.165) is 41.6 Å². The van der Waals surface area contributed by atoms with Gasteiger partial charge in [0.2, 0.25) is 0 Å². The zero-order chi connectivity index (χ0) is 26.1. The number of fused-ring (bicyclic) bond motifs is 1. The van der Waals surface area contributed by atoms with Crippen molar-refractivity contribution in [3.63, 3.8) is 0 Å². The molecule has 7 heteroatoms. The van der Waals surface area contributed by atoms with Gasteiger partial charge in [0, 0.05) is 49.1 Å². The van der Waals surface area contributed by atoms with E-state index in [4.69, 9.17) is 5.73 Å². The fourth-order valence-corrected chi connectivity index (χ4v) is 5.69. The summed E-state index contributed by atoms with van der Waals surface area (Å²) in [5.74, 6) is 0.328. The van der Waals surface area contributed by atoms with Gasteiger partial charge in [-0.25, -0.2) is 4.39 Å². The zero-order valence-corrected chi connectivity index (χ0v) is 21.5. The van der Waals surface area contributed by atoms with E-state index in [1.165, 1.54) is 12.1 Å². The number of Topliss-reactive ketones (excluding diaryl/α,β-unsaturated/α-hetero) is 1. The quantitative estimate of drug-likeness (QED) is 0.334. The Kier molecular flexibility index (Phi) is 6.98. The molecule has 1 aliphatic carbocycles. The average molecular weight is 498 g/mol. The molecule has 1 saturated carbocycles. The lowest BCUT2D eigenvalue weighted by Gasteiger charge is -2.32. The number of nitrogens with two attached hydrogens (primary N) is 1. The van der Waals surface area contributed by atoms with Crippen LogP contribution in [0.25, 0.3) is 10.9 Å². The van der Waals surface area contributed by atoms with Crippen molar-refractivity contribution in [3.8, 4) is 0 Å². The summed E-state index contributed by atoms with van der Waals surface area (Å²) in [6.45, 7) is 4.23. The first-order chi connectivity index (χ1) is 17.8. The second kappa shape index (κ2) is 10.3. The number of rotatable bonds is 6. The standard InChI is InChI=1S/C30H32FN5O/c1-18-10-20(12-22(32)11-18)24-7-9-33-15-21(24)13-29(37)25-4-5-27(31)26-14-23(16-35-30(25)26)36(3)28-17-34-8-6-19(28)2/h4-9,14-18,20,22H,10-13,32H2,1-3H3/t18-,20+,22-/m0/s1. The van der Waals surface area contributed by atoms with Gasteiger partial charge in [0.05, 0.1) is 29.3 Å². The topological polar surface area (TPSA) is 85.0 Å². The molecule has 1 fully saturated rings. The van der Waals surface area contributed by atoms with E-state index >= 15 is 0 Å². The molecule has 0 saturated heterocycles. The van der Waals surface area contributed by atoms with Crippen LogP contribution in [0.1, 0.15) is 59.2 Å². The van der Waals surface area contributed by atoms with Crippen molar-refractivity contribution in [2.24, 2.45) is 11.7 Å². The monoisotopic (exact) mass is 497 g/mol. The van der Waals surface area contributed by atoms with Crippen molar-refractivity contribution >= 4 is 28.1 Å². The molecule has 3 aromatic heterocycles. The second-order valence-electron chi connectivity index (χ2n) is 10.3. The number of hydrogen-bond donors (Lipinski definition) is 1. The molecule has 0 amide bonds. The van der Waals surface area contributed by atoms with Gasteiger partial charge in [-0.2, -0.15) is 0 Å². The highest BCUT2D eigenvalue weighted by molar-refractivity contribution is 6.08. The number of aryl methyl sites for hydroxylation is 1. The maximum absolute atomic E-state index is 15.0. The van der Waals surface area contributed by atoms with Gasteiger partial charge in [0.1, 0.15) is 5.82 Å². The first kappa shape index (κ1) is 25.0. The van der Waals surface area contributed by atoms with Crippen LogP contribution >= 0.6 is 0 Å². The molecule has 0 unspecified atom stereocenters. The minimum absolute atomic E-state index is 0.107. The van der Waals surface area contributed by atoms with Gasteiger partial charge < -0.3 is 10.6 Å². The van der Waals surface area contributed by atoms with E-state index in [1.54, 1.807) is 37.1 Å². The van der Waals surface area contributed by atoms with Crippen LogP contribution in [0, 0.1) is 18.7 Å². The van der Waals surface area contributed by atoms with Crippen LogP contribution in [0.5, 0.6) is 0 Å². The minimum atomic E-state index is -0.413. The Bertz CT molecular complexity index is 1450. The van der Waals surface area contributed by atoms with Crippen LogP contribution in [0.2, 0.25) is 0 Å². The smallest absolute Gasteiger partial charge is 0.169 e. The molecule has 0 radical (unpaired) electrons. The van der Waals surface area contributed by atoms with Crippen molar-refractivity contribution < 1.29 is 9.18 Å². The highest BCUT2D eigenvalue weighted by atomic mass is 19.1. The van der Waals surface area contributed by atoms with Crippen molar-refractivity contribution in [2.75, 3.05) is 11.9 Å². The first-order valence-electron chi connectivity index (χ1n) is 12.8. The Morgan fingerprint density at radius 3 is 2.65 bits per heavy atom. The molecule has 2 N–H and O–H groups in total. The number of carbonyl (C=O) groups is 1. The van der Waals surface area contributed by atoms with Gasteiger partial charge in [-0.3, -0.25) is 19.7 Å². The summed E-state index contributed by atoms with van der Waals surface area (Å²) in [7, 11) is 1.89. The lowest BCUT2D eigenvalue weighted by atomic mass is 9.75. The van der Waals surface area contributed by atoms with Crippen LogP contribution in [-0.4, -0.2) is 33.8 Å². The van der Waals surface area contributed by atoms with Crippen molar-refractivity contribution in [1.82, 2.24) is 15.0 Å². The minimum Gasteiger partial charge on any atom is -0.342 e. The SMILES string of the molecule is Cc1ccncc1N(C)c1cnc2c(C(=O)Cc3cnccc3[C@@H]3C[C@H](C)C[C@H](N)C3)ccc(F)c2c1.